The van der Waals surface area contributed by atoms with E-state index in [9.17, 15) is 9.59 Å². The maximum Gasteiger partial charge on any atom is 0.307 e. The van der Waals surface area contributed by atoms with Crippen LogP contribution in [0.4, 0.5) is 0 Å². The summed E-state index contributed by atoms with van der Waals surface area (Å²) in [7, 11) is 0. The Hall–Kier alpha value is -1.29. The van der Waals surface area contributed by atoms with E-state index < -0.39 is 11.9 Å². The van der Waals surface area contributed by atoms with Crippen molar-refractivity contribution in [1.29, 1.82) is 0 Å². The van der Waals surface area contributed by atoms with Gasteiger partial charge in [-0.05, 0) is 12.7 Å². The molecule has 0 aliphatic heterocycles. The first-order valence-corrected chi connectivity index (χ1v) is 7.10. The molecule has 0 fully saturated rings. The Morgan fingerprint density at radius 3 is 2.39 bits per heavy atom. The van der Waals surface area contributed by atoms with Gasteiger partial charge in [0.1, 0.15) is 0 Å². The van der Waals surface area contributed by atoms with Crippen LogP contribution in [-0.4, -0.2) is 28.4 Å². The fourth-order valence-corrected chi connectivity index (χ4v) is 2.34. The molecule has 1 aromatic carbocycles. The minimum atomic E-state index is -0.892. The van der Waals surface area contributed by atoms with Crippen LogP contribution in [-0.2, 0) is 4.79 Å². The number of aliphatic carboxylic acids is 1. The van der Waals surface area contributed by atoms with Gasteiger partial charge in [0.25, 0.3) is 0 Å². The molecule has 98 valence electrons. The van der Waals surface area contributed by atoms with Crippen molar-refractivity contribution in [3.8, 4) is 0 Å². The van der Waals surface area contributed by atoms with E-state index in [2.05, 4.69) is 0 Å². The molecule has 1 aromatic rings. The molecule has 0 spiro atoms. The lowest BCUT2D eigenvalue weighted by molar-refractivity contribution is -0.140. The number of rotatable bonds is 7. The molecule has 0 aliphatic carbocycles. The van der Waals surface area contributed by atoms with Gasteiger partial charge in [-0.25, -0.2) is 0 Å². The molecule has 0 bridgehead atoms. The molecule has 1 rings (SSSR count). The molecule has 0 saturated carbocycles. The summed E-state index contributed by atoms with van der Waals surface area (Å²) in [6.07, 6.45) is 0.0748. The highest BCUT2D eigenvalue weighted by Gasteiger charge is 2.21. The average molecular weight is 266 g/mol. The highest BCUT2D eigenvalue weighted by Crippen LogP contribution is 2.16. The molecule has 1 atom stereocenters. The van der Waals surface area contributed by atoms with Crippen LogP contribution in [0.1, 0.15) is 29.3 Å². The van der Waals surface area contributed by atoms with Gasteiger partial charge in [0.2, 0.25) is 0 Å². The number of hydrogen-bond donors (Lipinski definition) is 1. The van der Waals surface area contributed by atoms with E-state index in [0.29, 0.717) is 11.3 Å². The van der Waals surface area contributed by atoms with E-state index >= 15 is 0 Å². The maximum atomic E-state index is 12.0. The van der Waals surface area contributed by atoms with Crippen LogP contribution in [0, 0.1) is 12.8 Å². The summed E-state index contributed by atoms with van der Waals surface area (Å²) in [6.45, 7) is 3.93. The number of hydrogen-bond acceptors (Lipinski definition) is 3. The Balaban J connectivity index is 2.66. The van der Waals surface area contributed by atoms with Crippen molar-refractivity contribution < 1.29 is 14.7 Å². The van der Waals surface area contributed by atoms with Crippen molar-refractivity contribution in [2.75, 3.05) is 11.5 Å². The molecule has 0 aliphatic rings. The van der Waals surface area contributed by atoms with Crippen LogP contribution in [0.5, 0.6) is 0 Å². The SMILES string of the molecule is CCSCC(CC(=O)c1ccc(C)cc1)C(=O)O. The fraction of sp³-hybridized carbons (Fsp3) is 0.429. The summed E-state index contributed by atoms with van der Waals surface area (Å²) >= 11 is 1.55. The van der Waals surface area contributed by atoms with Crippen molar-refractivity contribution in [3.05, 3.63) is 35.4 Å². The lowest BCUT2D eigenvalue weighted by atomic mass is 9.99. The van der Waals surface area contributed by atoms with Crippen molar-refractivity contribution in [2.45, 2.75) is 20.3 Å². The van der Waals surface area contributed by atoms with Gasteiger partial charge in [0.15, 0.2) is 5.78 Å². The largest absolute Gasteiger partial charge is 0.481 e. The van der Waals surface area contributed by atoms with E-state index in [0.717, 1.165) is 11.3 Å². The predicted molar refractivity (Wildman–Crippen MR) is 74.3 cm³/mol. The molecular formula is C14H18O3S. The number of aryl methyl sites for hydroxylation is 1. The van der Waals surface area contributed by atoms with Gasteiger partial charge >= 0.3 is 5.97 Å². The van der Waals surface area contributed by atoms with Gasteiger partial charge in [-0.2, -0.15) is 11.8 Å². The van der Waals surface area contributed by atoms with E-state index in [1.54, 1.807) is 23.9 Å². The van der Waals surface area contributed by atoms with Crippen molar-refractivity contribution in [1.82, 2.24) is 0 Å². The molecule has 1 N–H and O–H groups in total. The highest BCUT2D eigenvalue weighted by atomic mass is 32.2. The Labute approximate surface area is 112 Å². The van der Waals surface area contributed by atoms with E-state index in [1.807, 2.05) is 26.0 Å². The summed E-state index contributed by atoms with van der Waals surface area (Å²) in [4.78, 5) is 23.0. The van der Waals surface area contributed by atoms with E-state index in [4.69, 9.17) is 5.11 Å². The molecule has 3 nitrogen and oxygen atoms in total. The summed E-state index contributed by atoms with van der Waals surface area (Å²) in [6, 6.07) is 7.24. The Kier molecular flexibility index (Phi) is 5.92. The Morgan fingerprint density at radius 1 is 1.28 bits per heavy atom. The summed E-state index contributed by atoms with van der Waals surface area (Å²) < 4.78 is 0. The Morgan fingerprint density at radius 2 is 1.89 bits per heavy atom. The number of ketones is 1. The van der Waals surface area contributed by atoms with Gasteiger partial charge < -0.3 is 5.11 Å². The first-order valence-electron chi connectivity index (χ1n) is 5.95. The molecule has 0 heterocycles. The number of carboxylic acid groups (broad SMARTS) is 1. The molecule has 4 heteroatoms. The normalized spacial score (nSPS) is 12.1. The number of Topliss-reactive ketones (excluding diaryl/α,β-unsaturated/α-hetero) is 1. The molecular weight excluding hydrogens is 248 g/mol. The molecule has 0 radical (unpaired) electrons. The zero-order chi connectivity index (χ0) is 13.5. The van der Waals surface area contributed by atoms with Crippen molar-refractivity contribution in [3.63, 3.8) is 0 Å². The van der Waals surface area contributed by atoms with Gasteiger partial charge in [-0.3, -0.25) is 9.59 Å². The van der Waals surface area contributed by atoms with Crippen LogP contribution >= 0.6 is 11.8 Å². The topological polar surface area (TPSA) is 54.4 Å². The first-order chi connectivity index (χ1) is 8.54. The maximum absolute atomic E-state index is 12.0. The van der Waals surface area contributed by atoms with Crippen LogP contribution in [0.3, 0.4) is 0 Å². The molecule has 0 aromatic heterocycles. The number of carbonyl (C=O) groups is 2. The van der Waals surface area contributed by atoms with Gasteiger partial charge in [0, 0.05) is 17.7 Å². The van der Waals surface area contributed by atoms with Gasteiger partial charge in [-0.15, -0.1) is 0 Å². The zero-order valence-electron chi connectivity index (χ0n) is 10.7. The number of thioether (sulfide) groups is 1. The summed E-state index contributed by atoms with van der Waals surface area (Å²) in [5, 5.41) is 9.07. The summed E-state index contributed by atoms with van der Waals surface area (Å²) in [5.41, 5.74) is 1.68. The smallest absolute Gasteiger partial charge is 0.307 e. The van der Waals surface area contributed by atoms with Crippen LogP contribution in [0.25, 0.3) is 0 Å². The second kappa shape index (κ2) is 7.21. The average Bonchev–Trinajstić information content (AvgIpc) is 2.34. The standard InChI is InChI=1S/C14H18O3S/c1-3-18-9-12(14(16)17)8-13(15)11-6-4-10(2)5-7-11/h4-7,12H,3,8-9H2,1-2H3,(H,16,17). The lowest BCUT2D eigenvalue weighted by Crippen LogP contribution is -2.20. The van der Waals surface area contributed by atoms with Gasteiger partial charge in [-0.1, -0.05) is 36.8 Å². The van der Waals surface area contributed by atoms with Gasteiger partial charge in [0.05, 0.1) is 5.92 Å². The second-order valence-corrected chi connectivity index (χ2v) is 5.51. The van der Waals surface area contributed by atoms with Crippen LogP contribution < -0.4 is 0 Å². The minimum absolute atomic E-state index is 0.0748. The van der Waals surface area contributed by atoms with Crippen LogP contribution in [0.15, 0.2) is 24.3 Å². The first kappa shape index (κ1) is 14.8. The third kappa shape index (κ3) is 4.53. The van der Waals surface area contributed by atoms with E-state index in [-0.39, 0.29) is 12.2 Å². The third-order valence-electron chi connectivity index (χ3n) is 2.68. The molecule has 1 unspecified atom stereocenters. The van der Waals surface area contributed by atoms with Crippen molar-refractivity contribution >= 4 is 23.5 Å². The number of carboxylic acids is 1. The zero-order valence-corrected chi connectivity index (χ0v) is 11.5. The minimum Gasteiger partial charge on any atom is -0.481 e. The number of benzene rings is 1. The Bertz CT molecular complexity index is 412. The quantitative estimate of drug-likeness (QED) is 0.771. The molecule has 18 heavy (non-hydrogen) atoms. The second-order valence-electron chi connectivity index (χ2n) is 4.19. The number of carbonyl (C=O) groups excluding carboxylic acids is 1. The lowest BCUT2D eigenvalue weighted by Gasteiger charge is -2.10. The summed E-state index contributed by atoms with van der Waals surface area (Å²) in [5.74, 6) is -0.231. The fourth-order valence-electron chi connectivity index (χ4n) is 1.56. The monoisotopic (exact) mass is 266 g/mol. The van der Waals surface area contributed by atoms with E-state index in [1.165, 1.54) is 0 Å². The van der Waals surface area contributed by atoms with Crippen molar-refractivity contribution in [2.24, 2.45) is 5.92 Å². The predicted octanol–water partition coefficient (Wildman–Crippen LogP) is 3.02. The molecule has 0 amide bonds. The highest BCUT2D eigenvalue weighted by molar-refractivity contribution is 7.99. The third-order valence-corrected chi connectivity index (χ3v) is 3.72. The molecule has 0 saturated heterocycles. The van der Waals surface area contributed by atoms with Crippen LogP contribution in [0.2, 0.25) is 0 Å².